The maximum Gasteiger partial charge on any atom is 0.340 e. The highest BCUT2D eigenvalue weighted by atomic mass is 16.5. The number of likely N-dealkylation sites (N-methyl/N-ethyl adjacent to an activating group) is 1. The molecule has 5 nitrogen and oxygen atoms in total. The molecular formula is C22H33N2O3+. The number of ether oxygens (including phenoxy) is 1. The van der Waals surface area contributed by atoms with Crippen molar-refractivity contribution in [1.29, 1.82) is 0 Å². The second-order valence-electron chi connectivity index (χ2n) is 8.47. The predicted molar refractivity (Wildman–Crippen MR) is 107 cm³/mol. The number of anilines is 1. The normalized spacial score (nSPS) is 20.4. The first-order chi connectivity index (χ1) is 12.8. The van der Waals surface area contributed by atoms with Crippen LogP contribution in [0.1, 0.15) is 66.9 Å². The number of hydrogen-bond donors (Lipinski definition) is 1. The number of aryl methyl sites for hydroxylation is 2. The zero-order valence-electron chi connectivity index (χ0n) is 17.2. The highest BCUT2D eigenvalue weighted by Gasteiger charge is 2.63. The Bertz CT molecular complexity index is 729. The van der Waals surface area contributed by atoms with Crippen molar-refractivity contribution < 1.29 is 18.8 Å². The van der Waals surface area contributed by atoms with Gasteiger partial charge in [0.05, 0.1) is 38.0 Å². The second kappa shape index (κ2) is 7.63. The zero-order chi connectivity index (χ0) is 19.7. The van der Waals surface area contributed by atoms with Gasteiger partial charge < -0.3 is 14.5 Å². The van der Waals surface area contributed by atoms with Crippen molar-refractivity contribution in [3.63, 3.8) is 0 Å². The van der Waals surface area contributed by atoms with Crippen LogP contribution >= 0.6 is 0 Å². The van der Waals surface area contributed by atoms with Gasteiger partial charge in [-0.1, -0.05) is 6.07 Å². The smallest absolute Gasteiger partial charge is 0.340 e. The number of nitrogens with one attached hydrogen (secondary N) is 1. The fourth-order valence-corrected chi connectivity index (χ4v) is 4.68. The second-order valence-corrected chi connectivity index (χ2v) is 8.47. The van der Waals surface area contributed by atoms with Crippen LogP contribution in [0.3, 0.4) is 0 Å². The lowest BCUT2D eigenvalue weighted by molar-refractivity contribution is -0.933. The van der Waals surface area contributed by atoms with Crippen molar-refractivity contribution in [3.8, 4) is 0 Å². The van der Waals surface area contributed by atoms with Gasteiger partial charge in [0.25, 0.3) is 5.91 Å². The van der Waals surface area contributed by atoms with Gasteiger partial charge in [0.2, 0.25) is 0 Å². The van der Waals surface area contributed by atoms with E-state index in [2.05, 4.69) is 12.4 Å². The molecule has 2 fully saturated rings. The number of quaternary nitrogens is 1. The summed E-state index contributed by atoms with van der Waals surface area (Å²) in [4.78, 5) is 25.9. The summed E-state index contributed by atoms with van der Waals surface area (Å²) in [6.07, 6.45) is 6.74. The number of carbonyl (C=O) groups is 2. The van der Waals surface area contributed by atoms with Crippen molar-refractivity contribution in [2.75, 3.05) is 32.1 Å². The van der Waals surface area contributed by atoms with Gasteiger partial charge in [0, 0.05) is 12.8 Å². The van der Waals surface area contributed by atoms with E-state index < -0.39 is 0 Å². The van der Waals surface area contributed by atoms with Crippen molar-refractivity contribution in [2.24, 2.45) is 0 Å². The molecule has 0 spiro atoms. The summed E-state index contributed by atoms with van der Waals surface area (Å²) >= 11 is 0. The number of carbonyl (C=O) groups excluding carboxylic acids is 2. The molecule has 1 saturated heterocycles. The van der Waals surface area contributed by atoms with E-state index in [1.54, 1.807) is 6.92 Å². The van der Waals surface area contributed by atoms with Crippen molar-refractivity contribution in [3.05, 3.63) is 28.8 Å². The maximum atomic E-state index is 13.4. The SMILES string of the molecule is CCOC(=O)c1cc(C)cc(C)c1NC(=O)C1([N+]2(C)CCCCCC2)CC1. The molecule has 1 aliphatic carbocycles. The Morgan fingerprint density at radius 2 is 1.74 bits per heavy atom. The number of hydrogen-bond acceptors (Lipinski definition) is 3. The molecule has 148 valence electrons. The summed E-state index contributed by atoms with van der Waals surface area (Å²) < 4.78 is 6.05. The van der Waals surface area contributed by atoms with Crippen LogP contribution in [0, 0.1) is 13.8 Å². The summed E-state index contributed by atoms with van der Waals surface area (Å²) in [7, 11) is 2.24. The minimum absolute atomic E-state index is 0.0596. The van der Waals surface area contributed by atoms with Crippen LogP contribution in [0.15, 0.2) is 12.1 Å². The quantitative estimate of drug-likeness (QED) is 0.628. The van der Waals surface area contributed by atoms with Gasteiger partial charge in [-0.25, -0.2) is 4.79 Å². The Labute approximate surface area is 162 Å². The Hall–Kier alpha value is -1.88. The third kappa shape index (κ3) is 3.75. The van der Waals surface area contributed by atoms with Gasteiger partial charge in [0.1, 0.15) is 0 Å². The molecule has 1 saturated carbocycles. The van der Waals surface area contributed by atoms with Crippen LogP contribution in [0.2, 0.25) is 0 Å². The van der Waals surface area contributed by atoms with E-state index in [1.165, 1.54) is 25.7 Å². The van der Waals surface area contributed by atoms with E-state index in [4.69, 9.17) is 4.74 Å². The van der Waals surface area contributed by atoms with Gasteiger partial charge in [0.15, 0.2) is 5.54 Å². The molecular weight excluding hydrogens is 340 g/mol. The molecule has 1 aliphatic heterocycles. The van der Waals surface area contributed by atoms with Crippen LogP contribution in [0.4, 0.5) is 5.69 Å². The Morgan fingerprint density at radius 1 is 1.11 bits per heavy atom. The molecule has 2 aliphatic rings. The highest BCUT2D eigenvalue weighted by molar-refractivity contribution is 6.05. The lowest BCUT2D eigenvalue weighted by atomic mass is 10.0. The summed E-state index contributed by atoms with van der Waals surface area (Å²) in [5.74, 6) is -0.316. The monoisotopic (exact) mass is 373 g/mol. The Morgan fingerprint density at radius 3 is 2.30 bits per heavy atom. The molecule has 1 heterocycles. The van der Waals surface area contributed by atoms with Crippen molar-refractivity contribution >= 4 is 17.6 Å². The van der Waals surface area contributed by atoms with Gasteiger partial charge in [-0.2, -0.15) is 0 Å². The molecule has 1 aromatic rings. The summed E-state index contributed by atoms with van der Waals surface area (Å²) in [6, 6.07) is 3.81. The highest BCUT2D eigenvalue weighted by Crippen LogP contribution is 2.48. The summed E-state index contributed by atoms with van der Waals surface area (Å²) in [5.41, 5.74) is 2.61. The fraction of sp³-hybridized carbons (Fsp3) is 0.636. The van der Waals surface area contributed by atoms with Crippen molar-refractivity contribution in [1.82, 2.24) is 0 Å². The number of rotatable bonds is 5. The average molecular weight is 374 g/mol. The van der Waals surface area contributed by atoms with Crippen LogP contribution in [-0.2, 0) is 9.53 Å². The fourth-order valence-electron chi connectivity index (χ4n) is 4.68. The van der Waals surface area contributed by atoms with E-state index in [0.29, 0.717) is 17.9 Å². The molecule has 1 amide bonds. The average Bonchev–Trinajstić information content (AvgIpc) is 3.43. The van der Waals surface area contributed by atoms with Gasteiger partial charge in [-0.15, -0.1) is 0 Å². The van der Waals surface area contributed by atoms with E-state index in [1.807, 2.05) is 26.0 Å². The minimum atomic E-state index is -0.375. The molecule has 0 radical (unpaired) electrons. The molecule has 0 unspecified atom stereocenters. The third-order valence-corrected chi connectivity index (χ3v) is 6.45. The van der Waals surface area contributed by atoms with Crippen LogP contribution in [0.25, 0.3) is 0 Å². The standard InChI is InChI=1S/C22H32N2O3/c1-5-27-20(25)18-15-16(2)14-17(3)19(18)23-21(26)22(10-11-22)24(4)12-8-6-7-9-13-24/h14-15H,5-13H2,1-4H3/p+1. The molecule has 5 heteroatoms. The maximum absolute atomic E-state index is 13.4. The Balaban J connectivity index is 1.89. The number of likely N-dealkylation sites (tertiary alicyclic amines) is 1. The number of esters is 1. The lowest BCUT2D eigenvalue weighted by Crippen LogP contribution is -2.60. The molecule has 27 heavy (non-hydrogen) atoms. The topological polar surface area (TPSA) is 55.4 Å². The predicted octanol–water partition coefficient (Wildman–Crippen LogP) is 3.97. The van der Waals surface area contributed by atoms with Gasteiger partial charge in [-0.3, -0.25) is 4.79 Å². The minimum Gasteiger partial charge on any atom is -0.462 e. The van der Waals surface area contributed by atoms with E-state index in [9.17, 15) is 9.59 Å². The third-order valence-electron chi connectivity index (χ3n) is 6.45. The molecule has 0 bridgehead atoms. The van der Waals surface area contributed by atoms with Crippen LogP contribution < -0.4 is 5.32 Å². The van der Waals surface area contributed by atoms with Gasteiger partial charge >= 0.3 is 5.97 Å². The first-order valence-electron chi connectivity index (χ1n) is 10.3. The Kier molecular flexibility index (Phi) is 5.61. The van der Waals surface area contributed by atoms with Crippen LogP contribution in [0.5, 0.6) is 0 Å². The van der Waals surface area contributed by atoms with Crippen LogP contribution in [-0.4, -0.2) is 48.6 Å². The largest absolute Gasteiger partial charge is 0.462 e. The first-order valence-corrected chi connectivity index (χ1v) is 10.3. The zero-order valence-corrected chi connectivity index (χ0v) is 17.2. The summed E-state index contributed by atoms with van der Waals surface area (Å²) in [6.45, 7) is 8.12. The molecule has 1 aromatic carbocycles. The summed E-state index contributed by atoms with van der Waals surface area (Å²) in [5, 5.41) is 3.14. The number of benzene rings is 1. The number of nitrogens with zero attached hydrogens (tertiary/aromatic N) is 1. The van der Waals surface area contributed by atoms with E-state index >= 15 is 0 Å². The molecule has 3 rings (SSSR count). The number of amides is 1. The van der Waals surface area contributed by atoms with Crippen molar-refractivity contribution in [2.45, 2.75) is 64.8 Å². The molecule has 0 aromatic heterocycles. The molecule has 0 atom stereocenters. The van der Waals surface area contributed by atoms with Gasteiger partial charge in [-0.05, 0) is 63.6 Å². The first kappa shape index (κ1) is 19.9. The van der Waals surface area contributed by atoms with E-state index in [0.717, 1.165) is 41.5 Å². The lowest BCUT2D eigenvalue weighted by Gasteiger charge is -2.41. The van der Waals surface area contributed by atoms with E-state index in [-0.39, 0.29) is 17.4 Å². The molecule has 1 N–H and O–H groups in total.